The summed E-state index contributed by atoms with van der Waals surface area (Å²) in [7, 11) is 0. The first-order valence-corrected chi connectivity index (χ1v) is 11.8. The van der Waals surface area contributed by atoms with E-state index in [-0.39, 0.29) is 11.8 Å². The maximum absolute atomic E-state index is 12.5. The maximum Gasteiger partial charge on any atom is 0.226 e. The molecule has 1 N–H and O–H groups in total. The van der Waals surface area contributed by atoms with E-state index >= 15 is 0 Å². The first kappa shape index (κ1) is 23.8. The van der Waals surface area contributed by atoms with Crippen LogP contribution in [-0.2, 0) is 11.3 Å². The minimum Gasteiger partial charge on any atom is -0.441 e. The van der Waals surface area contributed by atoms with E-state index < -0.39 is 0 Å². The summed E-state index contributed by atoms with van der Waals surface area (Å²) in [5, 5.41) is 3.80. The van der Waals surface area contributed by atoms with Gasteiger partial charge in [0.15, 0.2) is 0 Å². The predicted molar refractivity (Wildman–Crippen MR) is 125 cm³/mol. The highest BCUT2D eigenvalue weighted by Gasteiger charge is 2.26. The number of aryl methyl sites for hydroxylation is 1. The molecule has 6 nitrogen and oxygen atoms in total. The second-order valence-corrected chi connectivity index (χ2v) is 8.69. The van der Waals surface area contributed by atoms with Gasteiger partial charge in [-0.05, 0) is 77.1 Å². The summed E-state index contributed by atoms with van der Waals surface area (Å²) in [4.78, 5) is 21.9. The highest BCUT2D eigenvalue weighted by atomic mass is 35.5. The fourth-order valence-electron chi connectivity index (χ4n) is 4.08. The third kappa shape index (κ3) is 6.79. The number of amides is 1. The van der Waals surface area contributed by atoms with Crippen molar-refractivity contribution in [2.24, 2.45) is 5.92 Å². The molecule has 0 bridgehead atoms. The molecule has 0 radical (unpaired) electrons. The van der Waals surface area contributed by atoms with Crippen molar-refractivity contribution in [2.45, 2.75) is 46.6 Å². The molecule has 1 aromatic carbocycles. The van der Waals surface area contributed by atoms with Crippen molar-refractivity contribution in [2.75, 3.05) is 39.3 Å². The molecule has 1 aromatic heterocycles. The highest BCUT2D eigenvalue weighted by molar-refractivity contribution is 6.30. The summed E-state index contributed by atoms with van der Waals surface area (Å²) in [6.45, 7) is 12.8. The highest BCUT2D eigenvalue weighted by Crippen LogP contribution is 2.26. The molecule has 1 fully saturated rings. The molecule has 1 saturated heterocycles. The van der Waals surface area contributed by atoms with Gasteiger partial charge in [-0.1, -0.05) is 31.5 Å². The van der Waals surface area contributed by atoms with E-state index in [9.17, 15) is 4.79 Å². The van der Waals surface area contributed by atoms with Crippen LogP contribution < -0.4 is 5.32 Å². The molecule has 0 unspecified atom stereocenters. The maximum atomic E-state index is 12.5. The quantitative estimate of drug-likeness (QED) is 0.549. The molecule has 1 aliphatic heterocycles. The number of hydrogen-bond acceptors (Lipinski definition) is 5. The molecule has 7 heteroatoms. The van der Waals surface area contributed by atoms with Crippen molar-refractivity contribution in [1.29, 1.82) is 0 Å². The smallest absolute Gasteiger partial charge is 0.226 e. The molecular weight excluding hydrogens is 412 g/mol. The lowest BCUT2D eigenvalue weighted by atomic mass is 9.95. The predicted octanol–water partition coefficient (Wildman–Crippen LogP) is 4.36. The molecule has 0 aliphatic carbocycles. The largest absolute Gasteiger partial charge is 0.441 e. The van der Waals surface area contributed by atoms with Crippen molar-refractivity contribution in [3.63, 3.8) is 0 Å². The van der Waals surface area contributed by atoms with Crippen LogP contribution in [0.25, 0.3) is 11.5 Å². The van der Waals surface area contributed by atoms with Crippen LogP contribution in [0, 0.1) is 12.8 Å². The van der Waals surface area contributed by atoms with Gasteiger partial charge < -0.3 is 14.6 Å². The van der Waals surface area contributed by atoms with E-state index in [4.69, 9.17) is 21.0 Å². The first-order chi connectivity index (χ1) is 15.0. The van der Waals surface area contributed by atoms with Crippen molar-refractivity contribution in [1.82, 2.24) is 20.1 Å². The number of nitrogens with one attached hydrogen (secondary N) is 1. The summed E-state index contributed by atoms with van der Waals surface area (Å²) in [5.74, 6) is 1.77. The number of benzene rings is 1. The van der Waals surface area contributed by atoms with Crippen molar-refractivity contribution >= 4 is 17.5 Å². The van der Waals surface area contributed by atoms with E-state index in [2.05, 4.69) is 29.0 Å². The standard InChI is InChI=1S/C24H35ClN4O2/c1-4-28(5-2)13-7-12-26-23(30)19-10-14-29(15-11-19)17-22-18(3)31-24(27-22)20-8-6-9-21(25)16-20/h6,8-9,16,19H,4-5,7,10-15,17H2,1-3H3,(H,26,30). The number of halogens is 1. The molecule has 2 aromatic rings. The zero-order valence-electron chi connectivity index (χ0n) is 19.0. The van der Waals surface area contributed by atoms with Crippen LogP contribution in [0.1, 0.15) is 44.6 Å². The lowest BCUT2D eigenvalue weighted by Crippen LogP contribution is -2.41. The monoisotopic (exact) mass is 446 g/mol. The van der Waals surface area contributed by atoms with Crippen LogP contribution in [0.2, 0.25) is 5.02 Å². The Morgan fingerprint density at radius 2 is 2.03 bits per heavy atom. The average molecular weight is 447 g/mol. The van der Waals surface area contributed by atoms with Gasteiger partial charge in [-0.25, -0.2) is 4.98 Å². The zero-order valence-corrected chi connectivity index (χ0v) is 19.7. The van der Waals surface area contributed by atoms with Crippen LogP contribution >= 0.6 is 11.6 Å². The van der Waals surface area contributed by atoms with Gasteiger partial charge in [-0.3, -0.25) is 9.69 Å². The van der Waals surface area contributed by atoms with Crippen molar-refractivity contribution in [3.8, 4) is 11.5 Å². The lowest BCUT2D eigenvalue weighted by molar-refractivity contribution is -0.126. The van der Waals surface area contributed by atoms with Gasteiger partial charge >= 0.3 is 0 Å². The first-order valence-electron chi connectivity index (χ1n) is 11.4. The van der Waals surface area contributed by atoms with Gasteiger partial charge in [0, 0.05) is 29.6 Å². The Morgan fingerprint density at radius 1 is 1.29 bits per heavy atom. The topological polar surface area (TPSA) is 61.6 Å². The number of nitrogens with zero attached hydrogens (tertiary/aromatic N) is 3. The SMILES string of the molecule is CCN(CC)CCCNC(=O)C1CCN(Cc2nc(-c3cccc(Cl)c3)oc2C)CC1. The van der Waals surface area contributed by atoms with E-state index in [1.54, 1.807) is 0 Å². The fourth-order valence-corrected chi connectivity index (χ4v) is 4.27. The number of rotatable bonds is 10. The van der Waals surface area contributed by atoms with Crippen LogP contribution in [0.15, 0.2) is 28.7 Å². The van der Waals surface area contributed by atoms with Gasteiger partial charge in [-0.2, -0.15) is 0 Å². The Kier molecular flexibility index (Phi) is 8.93. The Labute approximate surface area is 191 Å². The van der Waals surface area contributed by atoms with Gasteiger partial charge in [0.1, 0.15) is 5.76 Å². The number of hydrogen-bond donors (Lipinski definition) is 1. The third-order valence-electron chi connectivity index (χ3n) is 6.14. The molecule has 0 saturated carbocycles. The average Bonchev–Trinajstić information content (AvgIpc) is 3.14. The minimum atomic E-state index is 0.116. The molecule has 3 rings (SSSR count). The number of oxazole rings is 1. The molecule has 31 heavy (non-hydrogen) atoms. The van der Waals surface area contributed by atoms with Gasteiger partial charge in [0.05, 0.1) is 5.69 Å². The minimum absolute atomic E-state index is 0.116. The molecule has 170 valence electrons. The van der Waals surface area contributed by atoms with Gasteiger partial charge in [-0.15, -0.1) is 0 Å². The van der Waals surface area contributed by atoms with Crippen LogP contribution in [0.5, 0.6) is 0 Å². The van der Waals surface area contributed by atoms with E-state index in [0.717, 1.165) is 82.1 Å². The number of piperidine rings is 1. The fraction of sp³-hybridized carbons (Fsp3) is 0.583. The summed E-state index contributed by atoms with van der Waals surface area (Å²) < 4.78 is 5.88. The van der Waals surface area contributed by atoms with Crippen molar-refractivity contribution in [3.05, 3.63) is 40.7 Å². The Hall–Kier alpha value is -1.89. The number of aromatic nitrogens is 1. The summed E-state index contributed by atoms with van der Waals surface area (Å²) in [6, 6.07) is 7.55. The molecule has 2 heterocycles. The second-order valence-electron chi connectivity index (χ2n) is 8.25. The Balaban J connectivity index is 1.43. The van der Waals surface area contributed by atoms with E-state index in [0.29, 0.717) is 10.9 Å². The van der Waals surface area contributed by atoms with E-state index in [1.165, 1.54) is 0 Å². The van der Waals surface area contributed by atoms with Crippen LogP contribution in [0.3, 0.4) is 0 Å². The molecular formula is C24H35ClN4O2. The Bertz CT molecular complexity index is 842. The summed E-state index contributed by atoms with van der Waals surface area (Å²) in [5.41, 5.74) is 1.84. The molecule has 0 spiro atoms. The lowest BCUT2D eigenvalue weighted by Gasteiger charge is -2.30. The zero-order chi connectivity index (χ0) is 22.2. The number of likely N-dealkylation sites (tertiary alicyclic amines) is 1. The van der Waals surface area contributed by atoms with E-state index in [1.807, 2.05) is 31.2 Å². The van der Waals surface area contributed by atoms with Gasteiger partial charge in [0.25, 0.3) is 0 Å². The molecule has 1 aliphatic rings. The van der Waals surface area contributed by atoms with Crippen LogP contribution in [-0.4, -0.2) is 60.0 Å². The number of carbonyl (C=O) groups is 1. The molecule has 1 amide bonds. The van der Waals surface area contributed by atoms with Crippen LogP contribution in [0.4, 0.5) is 0 Å². The van der Waals surface area contributed by atoms with Gasteiger partial charge in [0.2, 0.25) is 11.8 Å². The number of carbonyl (C=O) groups excluding carboxylic acids is 1. The molecule has 0 atom stereocenters. The summed E-state index contributed by atoms with van der Waals surface area (Å²) in [6.07, 6.45) is 2.78. The van der Waals surface area contributed by atoms with Crippen molar-refractivity contribution < 1.29 is 9.21 Å². The normalized spacial score (nSPS) is 15.5. The third-order valence-corrected chi connectivity index (χ3v) is 6.38. The Morgan fingerprint density at radius 3 is 2.71 bits per heavy atom. The second kappa shape index (κ2) is 11.7. The summed E-state index contributed by atoms with van der Waals surface area (Å²) >= 11 is 6.09.